The van der Waals surface area contributed by atoms with Gasteiger partial charge < -0.3 is 14.8 Å². The van der Waals surface area contributed by atoms with Crippen LogP contribution in [0.25, 0.3) is 16.6 Å². The molecule has 146 valence electrons. The number of phenolic OH excluding ortho intramolecular Hbond substituents is 1. The van der Waals surface area contributed by atoms with Crippen LogP contribution in [0.3, 0.4) is 0 Å². The van der Waals surface area contributed by atoms with Crippen LogP contribution in [-0.2, 0) is 11.2 Å². The number of aliphatic carboxylic acids is 1. The fourth-order valence-electron chi connectivity index (χ4n) is 4.20. The number of hydrogen-bond acceptors (Lipinski definition) is 2. The average molecular weight is 381 g/mol. The Hall–Kier alpha value is -2.82. The van der Waals surface area contributed by atoms with Crippen molar-refractivity contribution >= 4 is 16.9 Å². The van der Waals surface area contributed by atoms with Crippen molar-refractivity contribution in [3.8, 4) is 11.4 Å². The Kier molecular flexibility index (Phi) is 4.21. The van der Waals surface area contributed by atoms with E-state index in [0.29, 0.717) is 30.2 Å². The van der Waals surface area contributed by atoms with Gasteiger partial charge in [-0.15, -0.1) is 0 Å². The van der Waals surface area contributed by atoms with Crippen molar-refractivity contribution in [2.24, 2.45) is 5.41 Å². The third-order valence-electron chi connectivity index (χ3n) is 5.88. The molecule has 4 rings (SSSR count). The van der Waals surface area contributed by atoms with Crippen molar-refractivity contribution in [3.63, 3.8) is 0 Å². The summed E-state index contributed by atoms with van der Waals surface area (Å²) in [7, 11) is 0. The second-order valence-electron chi connectivity index (χ2n) is 8.22. The van der Waals surface area contributed by atoms with Crippen molar-refractivity contribution in [1.82, 2.24) is 4.57 Å². The third kappa shape index (κ3) is 2.77. The minimum Gasteiger partial charge on any atom is -0.507 e. The largest absolute Gasteiger partial charge is 0.507 e. The number of carbonyl (C=O) groups is 1. The molecule has 3 aromatic rings. The smallest absolute Gasteiger partial charge is 0.309 e. The van der Waals surface area contributed by atoms with Crippen LogP contribution in [0.1, 0.15) is 49.4 Å². The molecular weight excluding hydrogens is 357 g/mol. The fraction of sp³-hybridized carbons (Fsp3) is 0.348. The Balaban J connectivity index is 2.04. The SMILES string of the molecule is Cc1cc(-n2c(C(C)C)c(CC3(C(=O)O)CC3)c3c(O)cccc32)ccc1F. The van der Waals surface area contributed by atoms with Crippen LogP contribution in [0.15, 0.2) is 36.4 Å². The zero-order valence-corrected chi connectivity index (χ0v) is 16.3. The fourth-order valence-corrected chi connectivity index (χ4v) is 4.20. The molecule has 0 aliphatic heterocycles. The van der Waals surface area contributed by atoms with Gasteiger partial charge in [0.05, 0.1) is 10.9 Å². The first-order valence-electron chi connectivity index (χ1n) is 9.60. The number of fused-ring (bicyclic) bond motifs is 1. The summed E-state index contributed by atoms with van der Waals surface area (Å²) < 4.78 is 15.9. The highest BCUT2D eigenvalue weighted by Gasteiger charge is 2.51. The number of benzene rings is 2. The second kappa shape index (κ2) is 6.36. The zero-order valence-electron chi connectivity index (χ0n) is 16.3. The molecule has 1 fully saturated rings. The maximum absolute atomic E-state index is 13.9. The standard InChI is InChI=1S/C23H24FNO3/c1-13(2)21-16(12-23(9-10-23)22(27)28)20-18(5-4-6-19(20)26)25(21)15-7-8-17(24)14(3)11-15/h4-8,11,13,26H,9-10,12H2,1-3H3,(H,27,28). The van der Waals surface area contributed by atoms with E-state index >= 15 is 0 Å². The molecule has 0 atom stereocenters. The average Bonchev–Trinajstić information content (AvgIpc) is 3.34. The van der Waals surface area contributed by atoms with Crippen molar-refractivity contribution in [2.45, 2.75) is 46.0 Å². The highest BCUT2D eigenvalue weighted by molar-refractivity contribution is 5.93. The lowest BCUT2D eigenvalue weighted by Gasteiger charge is -2.18. The molecule has 28 heavy (non-hydrogen) atoms. The topological polar surface area (TPSA) is 62.5 Å². The molecule has 5 heteroatoms. The number of aromatic hydroxyl groups is 1. The van der Waals surface area contributed by atoms with E-state index in [0.717, 1.165) is 22.5 Å². The van der Waals surface area contributed by atoms with E-state index < -0.39 is 11.4 Å². The normalized spacial score (nSPS) is 15.3. The minimum absolute atomic E-state index is 0.0942. The molecule has 0 spiro atoms. The predicted octanol–water partition coefficient (Wildman–Crippen LogP) is 5.31. The van der Waals surface area contributed by atoms with Crippen molar-refractivity contribution < 1.29 is 19.4 Å². The highest BCUT2D eigenvalue weighted by Crippen LogP contribution is 2.51. The molecule has 0 saturated heterocycles. The maximum atomic E-state index is 13.9. The summed E-state index contributed by atoms with van der Waals surface area (Å²) in [6.07, 6.45) is 1.68. The summed E-state index contributed by atoms with van der Waals surface area (Å²) in [5.41, 5.74) is 3.26. The number of nitrogens with zero attached hydrogens (tertiary/aromatic N) is 1. The molecule has 0 radical (unpaired) electrons. The lowest BCUT2D eigenvalue weighted by atomic mass is 9.91. The number of aryl methyl sites for hydroxylation is 1. The molecule has 0 unspecified atom stereocenters. The van der Waals surface area contributed by atoms with E-state index in [-0.39, 0.29) is 17.5 Å². The molecule has 1 aliphatic rings. The van der Waals surface area contributed by atoms with Gasteiger partial charge in [0, 0.05) is 16.8 Å². The van der Waals surface area contributed by atoms with E-state index in [9.17, 15) is 19.4 Å². The Morgan fingerprint density at radius 3 is 2.54 bits per heavy atom. The minimum atomic E-state index is -0.781. The quantitative estimate of drug-likeness (QED) is 0.629. The van der Waals surface area contributed by atoms with Crippen molar-refractivity contribution in [2.75, 3.05) is 0 Å². The van der Waals surface area contributed by atoms with Gasteiger partial charge in [0.1, 0.15) is 11.6 Å². The van der Waals surface area contributed by atoms with Crippen LogP contribution in [0.4, 0.5) is 4.39 Å². The number of phenols is 1. The van der Waals surface area contributed by atoms with Crippen LogP contribution < -0.4 is 0 Å². The van der Waals surface area contributed by atoms with Gasteiger partial charge >= 0.3 is 5.97 Å². The van der Waals surface area contributed by atoms with Gasteiger partial charge in [-0.3, -0.25) is 4.79 Å². The van der Waals surface area contributed by atoms with Crippen molar-refractivity contribution in [3.05, 3.63) is 59.0 Å². The molecule has 1 aliphatic carbocycles. The molecule has 1 heterocycles. The van der Waals surface area contributed by atoms with Gasteiger partial charge in [-0.1, -0.05) is 19.9 Å². The van der Waals surface area contributed by atoms with Crippen LogP contribution in [0.2, 0.25) is 0 Å². The first-order valence-corrected chi connectivity index (χ1v) is 9.60. The third-order valence-corrected chi connectivity index (χ3v) is 5.88. The molecule has 0 bridgehead atoms. The maximum Gasteiger partial charge on any atom is 0.309 e. The number of hydrogen-bond donors (Lipinski definition) is 2. The number of carboxylic acids is 1. The van der Waals surface area contributed by atoms with Gasteiger partial charge in [0.15, 0.2) is 0 Å². The number of carboxylic acid groups (broad SMARTS) is 1. The Bertz CT molecular complexity index is 1090. The highest BCUT2D eigenvalue weighted by atomic mass is 19.1. The molecule has 1 saturated carbocycles. The summed E-state index contributed by atoms with van der Waals surface area (Å²) in [6.45, 7) is 5.84. The molecular formula is C23H24FNO3. The Labute approximate surface area is 163 Å². The van der Waals surface area contributed by atoms with Crippen molar-refractivity contribution in [1.29, 1.82) is 0 Å². The van der Waals surface area contributed by atoms with Crippen LogP contribution in [0.5, 0.6) is 5.75 Å². The summed E-state index contributed by atoms with van der Waals surface area (Å²) in [4.78, 5) is 11.8. The van der Waals surface area contributed by atoms with Gasteiger partial charge in [0.25, 0.3) is 0 Å². The number of aromatic nitrogens is 1. The van der Waals surface area contributed by atoms with Crippen LogP contribution in [0, 0.1) is 18.2 Å². The predicted molar refractivity (Wildman–Crippen MR) is 107 cm³/mol. The monoisotopic (exact) mass is 381 g/mol. The molecule has 2 aromatic carbocycles. The van der Waals surface area contributed by atoms with Crippen LogP contribution >= 0.6 is 0 Å². The second-order valence-corrected chi connectivity index (χ2v) is 8.22. The zero-order chi connectivity index (χ0) is 20.2. The molecule has 2 N–H and O–H groups in total. The Morgan fingerprint density at radius 2 is 1.96 bits per heavy atom. The first kappa shape index (κ1) is 18.5. The summed E-state index contributed by atoms with van der Waals surface area (Å²) in [5, 5.41) is 21.1. The summed E-state index contributed by atoms with van der Waals surface area (Å²) >= 11 is 0. The van der Waals surface area contributed by atoms with E-state index in [4.69, 9.17) is 0 Å². The van der Waals surface area contributed by atoms with Gasteiger partial charge in [0.2, 0.25) is 0 Å². The molecule has 4 nitrogen and oxygen atoms in total. The van der Waals surface area contributed by atoms with E-state index in [2.05, 4.69) is 13.8 Å². The van der Waals surface area contributed by atoms with E-state index in [1.165, 1.54) is 6.07 Å². The van der Waals surface area contributed by atoms with Gasteiger partial charge in [-0.25, -0.2) is 4.39 Å². The Morgan fingerprint density at radius 1 is 1.25 bits per heavy atom. The van der Waals surface area contributed by atoms with E-state index in [1.807, 2.05) is 10.6 Å². The summed E-state index contributed by atoms with van der Waals surface area (Å²) in [6, 6.07) is 10.3. The summed E-state index contributed by atoms with van der Waals surface area (Å²) in [5.74, 6) is -0.807. The molecule has 1 aromatic heterocycles. The number of rotatable bonds is 5. The lowest BCUT2D eigenvalue weighted by Crippen LogP contribution is -2.18. The lowest BCUT2D eigenvalue weighted by molar-refractivity contribution is -0.143. The van der Waals surface area contributed by atoms with Crippen LogP contribution in [-0.4, -0.2) is 20.7 Å². The van der Waals surface area contributed by atoms with Gasteiger partial charge in [-0.05, 0) is 73.6 Å². The molecule has 0 amide bonds. The first-order chi connectivity index (χ1) is 13.2. The van der Waals surface area contributed by atoms with E-state index in [1.54, 1.807) is 31.2 Å². The number of halogens is 1. The van der Waals surface area contributed by atoms with Gasteiger partial charge in [-0.2, -0.15) is 0 Å².